The van der Waals surface area contributed by atoms with Crippen LogP contribution in [0.25, 0.3) is 0 Å². The molecule has 6 aliphatic carbocycles. The summed E-state index contributed by atoms with van der Waals surface area (Å²) in [6.07, 6.45) is 17.1. The number of hydrogen-bond acceptors (Lipinski definition) is 8. The number of ketones is 2. The number of carbonyl (C=O) groups is 2. The van der Waals surface area contributed by atoms with Gasteiger partial charge in [-0.1, -0.05) is 19.4 Å². The standard InChI is InChI=1S/C24H40O4.C24H38O4/c2*1-22(2,3)28-21-9-7-19-17-6-8-20(25)18(16(17)10-12-23(19,21)4)11-13-24(5)26-14-15-27-24/h16-19,21H,6-15H2,1-5H3;17,19,21H,6-15H2,1-5H3. The smallest absolute Gasteiger partial charge is 0.166 e. The Morgan fingerprint density at radius 3 is 1.75 bits per heavy atom. The zero-order chi connectivity index (χ0) is 40.3. The molecule has 8 nitrogen and oxygen atoms in total. The minimum atomic E-state index is -0.511. The fraction of sp³-hybridized carbons (Fsp3) is 0.917. The van der Waals surface area contributed by atoms with E-state index in [0.29, 0.717) is 86.2 Å². The maximum atomic E-state index is 12.9. The van der Waals surface area contributed by atoms with Gasteiger partial charge in [-0.05, 0) is 178 Å². The zero-order valence-corrected chi connectivity index (χ0v) is 37.0. The molecule has 8 rings (SSSR count). The highest BCUT2D eigenvalue weighted by Gasteiger charge is 2.58. The van der Waals surface area contributed by atoms with Crippen molar-refractivity contribution in [3.05, 3.63) is 11.1 Å². The second-order valence-corrected chi connectivity index (χ2v) is 22.1. The lowest BCUT2D eigenvalue weighted by Crippen LogP contribution is -2.50. The van der Waals surface area contributed by atoms with Gasteiger partial charge in [-0.2, -0.15) is 0 Å². The molecule has 8 heteroatoms. The van der Waals surface area contributed by atoms with Crippen LogP contribution in [0.5, 0.6) is 0 Å². The van der Waals surface area contributed by atoms with E-state index in [1.54, 1.807) is 0 Å². The van der Waals surface area contributed by atoms with Crippen LogP contribution in [0.3, 0.4) is 0 Å². The summed E-state index contributed by atoms with van der Waals surface area (Å²) in [4.78, 5) is 25.7. The Morgan fingerprint density at radius 1 is 0.607 bits per heavy atom. The van der Waals surface area contributed by atoms with Crippen LogP contribution in [0.15, 0.2) is 11.1 Å². The molecule has 0 aromatic rings. The molecule has 0 aromatic heterocycles. The second-order valence-electron chi connectivity index (χ2n) is 22.1. The van der Waals surface area contributed by atoms with Gasteiger partial charge in [0.2, 0.25) is 0 Å². The lowest BCUT2D eigenvalue weighted by Gasteiger charge is -2.52. The first-order valence-electron chi connectivity index (χ1n) is 22.9. The zero-order valence-electron chi connectivity index (χ0n) is 37.0. The molecule has 0 N–H and O–H groups in total. The average Bonchev–Trinajstić information content (AvgIpc) is 3.90. The predicted molar refractivity (Wildman–Crippen MR) is 218 cm³/mol. The van der Waals surface area contributed by atoms with Crippen LogP contribution in [0.4, 0.5) is 0 Å². The van der Waals surface area contributed by atoms with Gasteiger partial charge in [-0.25, -0.2) is 0 Å². The minimum absolute atomic E-state index is 0.0821. The first-order chi connectivity index (χ1) is 26.2. The molecule has 0 spiro atoms. The van der Waals surface area contributed by atoms with Crippen LogP contribution < -0.4 is 0 Å². The third-order valence-electron chi connectivity index (χ3n) is 16.2. The Morgan fingerprint density at radius 2 is 1.16 bits per heavy atom. The molecule has 8 aliphatic rings. The lowest BCUT2D eigenvalue weighted by atomic mass is 9.53. The Bertz CT molecular complexity index is 1460. The molecule has 0 bridgehead atoms. The van der Waals surface area contributed by atoms with Crippen molar-refractivity contribution in [1.29, 1.82) is 0 Å². The topological polar surface area (TPSA) is 89.5 Å². The highest BCUT2D eigenvalue weighted by atomic mass is 16.7. The van der Waals surface area contributed by atoms with Crippen LogP contribution in [-0.4, -0.2) is 73.0 Å². The molecule has 0 amide bonds. The monoisotopic (exact) mass is 783 g/mol. The van der Waals surface area contributed by atoms with Crippen molar-refractivity contribution < 1.29 is 38.0 Å². The van der Waals surface area contributed by atoms with Gasteiger partial charge in [0.1, 0.15) is 5.78 Å². The quantitative estimate of drug-likeness (QED) is 0.240. The number of fused-ring (bicyclic) bond motifs is 6. The number of rotatable bonds is 8. The predicted octanol–water partition coefficient (Wildman–Crippen LogP) is 10.3. The third kappa shape index (κ3) is 8.83. The number of carbonyl (C=O) groups excluding carboxylic acids is 2. The summed E-state index contributed by atoms with van der Waals surface area (Å²) in [7, 11) is 0. The van der Waals surface area contributed by atoms with Crippen LogP contribution in [0, 0.1) is 46.3 Å². The van der Waals surface area contributed by atoms with E-state index in [9.17, 15) is 9.59 Å². The van der Waals surface area contributed by atoms with E-state index >= 15 is 0 Å². The molecule has 7 fully saturated rings. The molecule has 5 saturated carbocycles. The molecule has 2 heterocycles. The van der Waals surface area contributed by atoms with Gasteiger partial charge in [0.05, 0.1) is 49.8 Å². The first-order valence-corrected chi connectivity index (χ1v) is 22.9. The van der Waals surface area contributed by atoms with E-state index < -0.39 is 11.6 Å². The summed E-state index contributed by atoms with van der Waals surface area (Å²) in [5.41, 5.74) is 2.93. The molecule has 0 radical (unpaired) electrons. The van der Waals surface area contributed by atoms with Gasteiger partial charge in [-0.3, -0.25) is 9.59 Å². The molecule has 0 aromatic carbocycles. The van der Waals surface area contributed by atoms with Crippen molar-refractivity contribution in [2.45, 2.75) is 207 Å². The summed E-state index contributed by atoms with van der Waals surface area (Å²) in [6, 6.07) is 0. The van der Waals surface area contributed by atoms with Crippen molar-refractivity contribution in [1.82, 2.24) is 0 Å². The SMILES string of the molecule is CC(C)(C)OC1CCC2C3CCC(=O)C(CCC4(C)OCCO4)=C3CCC12C.CC(C)(C)OC1CCC2C3CCC(=O)C(CCC4(C)OCCO4)C3CCC12C. The van der Waals surface area contributed by atoms with Crippen molar-refractivity contribution in [3.8, 4) is 0 Å². The molecule has 56 heavy (non-hydrogen) atoms. The highest BCUT2D eigenvalue weighted by molar-refractivity contribution is 5.97. The Kier molecular flexibility index (Phi) is 12.3. The van der Waals surface area contributed by atoms with Gasteiger partial charge in [0.25, 0.3) is 0 Å². The Hall–Kier alpha value is -1.16. The number of Topliss-reactive ketones (excluding diaryl/α,β-unsaturated/α-hetero) is 2. The van der Waals surface area contributed by atoms with Gasteiger partial charge in [0, 0.05) is 31.6 Å². The number of ether oxygens (including phenoxy) is 6. The number of allylic oxidation sites excluding steroid dienone is 2. The van der Waals surface area contributed by atoms with Crippen LogP contribution in [0.2, 0.25) is 0 Å². The maximum Gasteiger partial charge on any atom is 0.166 e. The lowest BCUT2D eigenvalue weighted by molar-refractivity contribution is -0.159. The van der Waals surface area contributed by atoms with Crippen molar-refractivity contribution in [2.75, 3.05) is 26.4 Å². The van der Waals surface area contributed by atoms with Crippen molar-refractivity contribution in [3.63, 3.8) is 0 Å². The summed E-state index contributed by atoms with van der Waals surface area (Å²) >= 11 is 0. The van der Waals surface area contributed by atoms with Gasteiger partial charge >= 0.3 is 0 Å². The molecule has 2 aliphatic heterocycles. The van der Waals surface area contributed by atoms with Gasteiger partial charge < -0.3 is 28.4 Å². The van der Waals surface area contributed by atoms with E-state index in [0.717, 1.165) is 69.8 Å². The normalized spacial score (nSPS) is 40.5. The van der Waals surface area contributed by atoms with Crippen LogP contribution >= 0.6 is 0 Å². The second kappa shape index (κ2) is 16.0. The third-order valence-corrected chi connectivity index (χ3v) is 16.2. The van der Waals surface area contributed by atoms with E-state index in [2.05, 4.69) is 55.4 Å². The summed E-state index contributed by atoms with van der Waals surface area (Å²) in [6.45, 7) is 24.7. The Labute approximate surface area is 339 Å². The fourth-order valence-corrected chi connectivity index (χ4v) is 13.4. The van der Waals surface area contributed by atoms with Gasteiger partial charge in [-0.15, -0.1) is 0 Å². The number of hydrogen-bond donors (Lipinski definition) is 0. The molecule has 10 unspecified atom stereocenters. The Balaban J connectivity index is 0.000000172. The van der Waals surface area contributed by atoms with Crippen molar-refractivity contribution in [2.24, 2.45) is 46.3 Å². The molecule has 2 saturated heterocycles. The molecule has 318 valence electrons. The minimum Gasteiger partial charge on any atom is -0.372 e. The molecular weight excluding hydrogens is 705 g/mol. The summed E-state index contributed by atoms with van der Waals surface area (Å²) < 4.78 is 36.2. The fourth-order valence-electron chi connectivity index (χ4n) is 13.4. The van der Waals surface area contributed by atoms with E-state index in [-0.39, 0.29) is 27.9 Å². The average molecular weight is 783 g/mol. The first kappa shape index (κ1) is 42.9. The highest BCUT2D eigenvalue weighted by Crippen LogP contribution is 2.62. The van der Waals surface area contributed by atoms with E-state index in [1.807, 2.05) is 13.8 Å². The van der Waals surface area contributed by atoms with Gasteiger partial charge in [0.15, 0.2) is 17.4 Å². The molecular formula is C48H78O8. The summed E-state index contributed by atoms with van der Waals surface area (Å²) in [5.74, 6) is 3.26. The van der Waals surface area contributed by atoms with Crippen LogP contribution in [-0.2, 0) is 38.0 Å². The summed E-state index contributed by atoms with van der Waals surface area (Å²) in [5, 5.41) is 0. The maximum absolute atomic E-state index is 12.9. The largest absolute Gasteiger partial charge is 0.372 e. The van der Waals surface area contributed by atoms with E-state index in [1.165, 1.54) is 37.7 Å². The van der Waals surface area contributed by atoms with E-state index in [4.69, 9.17) is 28.4 Å². The van der Waals surface area contributed by atoms with Crippen molar-refractivity contribution >= 4 is 11.6 Å². The molecule has 10 atom stereocenters. The van der Waals surface area contributed by atoms with Crippen LogP contribution in [0.1, 0.15) is 172 Å².